The fraction of sp³-hybridized carbons (Fsp3) is 0.113. The third-order valence-corrected chi connectivity index (χ3v) is 28.6. The molecule has 0 N–H and O–H groups in total. The first kappa shape index (κ1) is 84.3. The zero-order valence-electron chi connectivity index (χ0n) is 79.3. The Morgan fingerprint density at radius 3 is 0.706 bits per heavy atom. The zero-order chi connectivity index (χ0) is 92.6. The Bertz CT molecular complexity index is 8900. The van der Waals surface area contributed by atoms with E-state index < -0.39 is 0 Å². The van der Waals surface area contributed by atoms with Crippen LogP contribution in [0.25, 0.3) is 225 Å². The van der Waals surface area contributed by atoms with Crippen molar-refractivity contribution in [2.24, 2.45) is 0 Å². The van der Waals surface area contributed by atoms with E-state index in [9.17, 15) is 0 Å². The number of nitrogens with zero attached hydrogens (tertiary/aromatic N) is 3. The van der Waals surface area contributed by atoms with Crippen LogP contribution < -0.4 is 0 Å². The van der Waals surface area contributed by atoms with Crippen LogP contribution >= 0.6 is 0 Å². The van der Waals surface area contributed by atoms with Crippen LogP contribution in [0.2, 0.25) is 0 Å². The van der Waals surface area contributed by atoms with E-state index in [0.717, 1.165) is 0 Å². The SMILES string of the molecule is CC(C)(C)c1ccc2c(-c3ccc(-n4c5ccccc5c5ccccc54)cc3)c3cc(C(C)(C)C)ccc3c(-c3ccccc3)c2c1.CC(C)(C)c1ccc2c(-c3cccc4ccccc34)c3ccccc3c(-c3ccc(-n4c5ccccc5c5ccccc54)cc3)c2c1.Cc1ccc(-c2c3ccc(C)cc3c(-c3ccc(-n4c5ccccc5c5ccccc54)cc3)c3ccc(C)cc23)cc1. The van der Waals surface area contributed by atoms with E-state index in [0.29, 0.717) is 0 Å². The third-order valence-electron chi connectivity index (χ3n) is 28.6. The smallest absolute Gasteiger partial charge is 0.0541 e. The van der Waals surface area contributed by atoms with Crippen LogP contribution in [0.15, 0.2) is 431 Å². The molecule has 0 saturated carbocycles. The van der Waals surface area contributed by atoms with E-state index in [1.54, 1.807) is 0 Å². The summed E-state index contributed by atoms with van der Waals surface area (Å²) in [4.78, 5) is 0. The lowest BCUT2D eigenvalue weighted by molar-refractivity contribution is 0.590. The predicted molar refractivity (Wildman–Crippen MR) is 588 cm³/mol. The molecule has 0 bridgehead atoms. The highest BCUT2D eigenvalue weighted by Crippen LogP contribution is 2.52. The summed E-state index contributed by atoms with van der Waals surface area (Å²) in [7, 11) is 0. The lowest BCUT2D eigenvalue weighted by atomic mass is 9.79. The van der Waals surface area contributed by atoms with Crippen molar-refractivity contribution in [3.05, 3.63) is 464 Å². The van der Waals surface area contributed by atoms with Gasteiger partial charge in [0.2, 0.25) is 0 Å². The molecule has 25 aromatic rings. The standard InChI is InChI=1S/C46H35N.C46H41N.C41H31N/c1-46(2,3)32-25-28-40-41(29-32)44(38-18-6-7-19-39(38)45(40)37-20-12-14-30-13-4-5-15-34(30)37)31-23-26-33(27-24-31)47-42-21-10-8-16-35(42)36-17-9-11-22-43(36)47;1-45(2,3)32-23-27-38-39(28-32)43(30-14-8-7-9-15-30)37-26-22-33(46(4,5)6)29-40(37)44(38)31-20-24-34(25-21-31)47-41-18-12-10-16-35(41)36-17-11-13-19-42(36)47;1-26-12-16-29(17-13-26)40-34-22-14-28(3)25-37(34)41(35-23-15-27(2)24-36(35)40)30-18-20-31(21-19-30)42-38-10-6-4-8-32(38)33-9-5-7-11-39(33)42/h4-29H,1-3H3;7-29H,1-6H3;4-25H,1-3H3. The van der Waals surface area contributed by atoms with Gasteiger partial charge in [0.05, 0.1) is 33.1 Å². The van der Waals surface area contributed by atoms with Crippen LogP contribution in [-0.4, -0.2) is 13.7 Å². The van der Waals surface area contributed by atoms with Crippen LogP contribution in [0.5, 0.6) is 0 Å². The van der Waals surface area contributed by atoms with E-state index >= 15 is 0 Å². The summed E-state index contributed by atoms with van der Waals surface area (Å²) in [6.07, 6.45) is 0. The Kier molecular flexibility index (Phi) is 20.7. The van der Waals surface area contributed by atoms with Gasteiger partial charge in [-0.2, -0.15) is 0 Å². The Balaban J connectivity index is 0.000000115. The maximum Gasteiger partial charge on any atom is 0.0541 e. The molecule has 0 amide bonds. The highest BCUT2D eigenvalue weighted by Gasteiger charge is 2.28. The molecule has 0 radical (unpaired) electrons. The number of hydrogen-bond acceptors (Lipinski definition) is 0. The van der Waals surface area contributed by atoms with Crippen LogP contribution in [-0.2, 0) is 16.2 Å². The number of rotatable bonds is 9. The van der Waals surface area contributed by atoms with Crippen molar-refractivity contribution >= 4 is 141 Å². The quantitative estimate of drug-likeness (QED) is 0.128. The number of aryl methyl sites for hydroxylation is 3. The topological polar surface area (TPSA) is 14.8 Å². The number of aromatic nitrogens is 3. The highest BCUT2D eigenvalue weighted by molar-refractivity contribution is 6.26. The minimum Gasteiger partial charge on any atom is -0.309 e. The molecule has 0 saturated heterocycles. The van der Waals surface area contributed by atoms with Gasteiger partial charge in [-0.25, -0.2) is 0 Å². The van der Waals surface area contributed by atoms with Gasteiger partial charge in [0.25, 0.3) is 0 Å². The molecule has 3 nitrogen and oxygen atoms in total. The molecule has 0 atom stereocenters. The van der Waals surface area contributed by atoms with Crippen LogP contribution in [0.3, 0.4) is 0 Å². The Hall–Kier alpha value is -15.9. The van der Waals surface area contributed by atoms with Crippen molar-refractivity contribution in [1.29, 1.82) is 0 Å². The average Bonchev–Trinajstić information content (AvgIpc) is 1.20. The van der Waals surface area contributed by atoms with E-state index in [1.807, 2.05) is 0 Å². The fourth-order valence-electron chi connectivity index (χ4n) is 21.8. The van der Waals surface area contributed by atoms with Crippen molar-refractivity contribution in [2.45, 2.75) is 99.3 Å². The number of benzene rings is 22. The molecule has 0 fully saturated rings. The largest absolute Gasteiger partial charge is 0.309 e. The van der Waals surface area contributed by atoms with Gasteiger partial charge < -0.3 is 13.7 Å². The molecule has 3 heterocycles. The average molecular weight is 1750 g/mol. The van der Waals surface area contributed by atoms with Crippen LogP contribution in [0, 0.1) is 20.8 Å². The van der Waals surface area contributed by atoms with Crippen molar-refractivity contribution in [3.8, 4) is 83.8 Å². The lowest BCUT2D eigenvalue weighted by Gasteiger charge is -2.25. The lowest BCUT2D eigenvalue weighted by Crippen LogP contribution is -2.11. The highest BCUT2D eigenvalue weighted by atomic mass is 15.0. The van der Waals surface area contributed by atoms with Gasteiger partial charge in [-0.05, 0) is 287 Å². The van der Waals surface area contributed by atoms with E-state index in [4.69, 9.17) is 0 Å². The van der Waals surface area contributed by atoms with Crippen molar-refractivity contribution < 1.29 is 0 Å². The monoisotopic (exact) mass is 1750 g/mol. The zero-order valence-corrected chi connectivity index (χ0v) is 79.3. The van der Waals surface area contributed by atoms with Gasteiger partial charge in [-0.15, -0.1) is 0 Å². The Morgan fingerprint density at radius 2 is 0.382 bits per heavy atom. The first-order chi connectivity index (χ1) is 66.1. The van der Waals surface area contributed by atoms with Crippen molar-refractivity contribution in [3.63, 3.8) is 0 Å². The van der Waals surface area contributed by atoms with Gasteiger partial charge >= 0.3 is 0 Å². The first-order valence-electron chi connectivity index (χ1n) is 48.0. The predicted octanol–water partition coefficient (Wildman–Crippen LogP) is 37.2. The Labute approximate surface area is 796 Å². The van der Waals surface area contributed by atoms with Gasteiger partial charge in [0, 0.05) is 49.4 Å². The summed E-state index contributed by atoms with van der Waals surface area (Å²) in [5.74, 6) is 0. The van der Waals surface area contributed by atoms with E-state index in [2.05, 4.69) is 527 Å². The molecular formula is C133H107N3. The molecule has 0 spiro atoms. The molecule has 3 heteroatoms. The first-order valence-corrected chi connectivity index (χ1v) is 48.0. The summed E-state index contributed by atoms with van der Waals surface area (Å²) in [6.45, 7) is 27.3. The Morgan fingerprint density at radius 1 is 0.154 bits per heavy atom. The van der Waals surface area contributed by atoms with Gasteiger partial charge in [-0.1, -0.05) is 419 Å². The van der Waals surface area contributed by atoms with Gasteiger partial charge in [0.1, 0.15) is 0 Å². The van der Waals surface area contributed by atoms with E-state index in [1.165, 1.54) is 258 Å². The summed E-state index contributed by atoms with van der Waals surface area (Å²) >= 11 is 0. The van der Waals surface area contributed by atoms with Crippen LogP contribution in [0.1, 0.15) is 95.7 Å². The molecule has 3 aromatic heterocycles. The number of hydrogen-bond donors (Lipinski definition) is 0. The molecule has 0 aliphatic carbocycles. The molecule has 0 aliphatic heterocycles. The maximum absolute atomic E-state index is 2.45. The normalized spacial score (nSPS) is 12.1. The minimum absolute atomic E-state index is 0.0249. The minimum atomic E-state index is 0.0249. The van der Waals surface area contributed by atoms with Crippen molar-refractivity contribution in [2.75, 3.05) is 0 Å². The van der Waals surface area contributed by atoms with Gasteiger partial charge in [0.15, 0.2) is 0 Å². The maximum atomic E-state index is 2.45. The second-order valence-corrected chi connectivity index (χ2v) is 40.4. The molecule has 22 aromatic carbocycles. The van der Waals surface area contributed by atoms with Crippen molar-refractivity contribution in [1.82, 2.24) is 13.7 Å². The molecular weight excluding hydrogens is 1640 g/mol. The van der Waals surface area contributed by atoms with Gasteiger partial charge in [-0.3, -0.25) is 0 Å². The number of para-hydroxylation sites is 6. The summed E-state index contributed by atoms with van der Waals surface area (Å²) < 4.78 is 7.18. The molecule has 0 unspecified atom stereocenters. The fourth-order valence-corrected chi connectivity index (χ4v) is 21.8. The van der Waals surface area contributed by atoms with E-state index in [-0.39, 0.29) is 16.2 Å². The molecule has 654 valence electrons. The second kappa shape index (κ2) is 33.4. The third kappa shape index (κ3) is 14.6. The molecule has 136 heavy (non-hydrogen) atoms. The summed E-state index contributed by atoms with van der Waals surface area (Å²) in [5, 5.41) is 25.8. The summed E-state index contributed by atoms with van der Waals surface area (Å²) in [6, 6.07) is 160. The van der Waals surface area contributed by atoms with Crippen LogP contribution in [0.4, 0.5) is 0 Å². The molecule has 0 aliphatic rings. The molecule has 25 rings (SSSR count). The number of fused-ring (bicyclic) bond motifs is 16. The second-order valence-electron chi connectivity index (χ2n) is 40.4. The summed E-state index contributed by atoms with van der Waals surface area (Å²) in [5.41, 5.74) is 34.2.